The van der Waals surface area contributed by atoms with Crippen LogP contribution in [0.1, 0.15) is 60.1 Å². The predicted molar refractivity (Wildman–Crippen MR) is 155 cm³/mol. The van der Waals surface area contributed by atoms with E-state index in [0.717, 1.165) is 49.8 Å². The van der Waals surface area contributed by atoms with E-state index in [1.807, 2.05) is 46.2 Å². The lowest BCUT2D eigenvalue weighted by Crippen LogP contribution is -2.50. The molecule has 3 heterocycles. The highest BCUT2D eigenvalue weighted by Crippen LogP contribution is 2.39. The van der Waals surface area contributed by atoms with Crippen molar-refractivity contribution in [1.82, 2.24) is 19.8 Å². The fraction of sp³-hybridized carbons (Fsp3) is 0.438. The third kappa shape index (κ3) is 7.19. The van der Waals surface area contributed by atoms with Gasteiger partial charge in [0.25, 0.3) is 5.91 Å². The van der Waals surface area contributed by atoms with Crippen molar-refractivity contribution in [3.8, 4) is 5.75 Å². The minimum Gasteiger partial charge on any atom is -0.491 e. The second kappa shape index (κ2) is 13.3. The van der Waals surface area contributed by atoms with Crippen molar-refractivity contribution in [1.29, 1.82) is 0 Å². The standard InChI is InChI=1S/C32H37ClN4O3/c33-27-11-8-25(9-12-27)10-13-30(38)36-19-15-32(16-20-36)14-4-3-6-26-5-1-2-7-29(26)40-22-21-37(24-32)31(39)28-23-34-17-18-35-28/h1-2,5,7-9,11-12,17-18,23H,3-4,6,10,13-16,19-22,24H2. The highest BCUT2D eigenvalue weighted by atomic mass is 35.5. The number of aromatic nitrogens is 2. The van der Waals surface area contributed by atoms with Crippen molar-refractivity contribution in [3.05, 3.63) is 89.0 Å². The zero-order valence-electron chi connectivity index (χ0n) is 22.9. The molecule has 210 valence electrons. The van der Waals surface area contributed by atoms with Crippen LogP contribution in [0.3, 0.4) is 0 Å². The Morgan fingerprint density at radius 2 is 1.73 bits per heavy atom. The van der Waals surface area contributed by atoms with Crippen molar-refractivity contribution >= 4 is 23.4 Å². The Morgan fingerprint density at radius 3 is 2.50 bits per heavy atom. The lowest BCUT2D eigenvalue weighted by Gasteiger charge is -2.45. The van der Waals surface area contributed by atoms with Crippen molar-refractivity contribution in [2.75, 3.05) is 32.8 Å². The Kier molecular flexibility index (Phi) is 9.32. The van der Waals surface area contributed by atoms with Gasteiger partial charge in [-0.1, -0.05) is 48.4 Å². The number of carbonyl (C=O) groups is 2. The van der Waals surface area contributed by atoms with E-state index in [1.54, 1.807) is 12.4 Å². The maximum atomic E-state index is 13.6. The highest BCUT2D eigenvalue weighted by Gasteiger charge is 2.38. The first-order chi connectivity index (χ1) is 19.5. The predicted octanol–water partition coefficient (Wildman–Crippen LogP) is 5.62. The maximum absolute atomic E-state index is 13.6. The molecule has 5 rings (SSSR count). The summed E-state index contributed by atoms with van der Waals surface area (Å²) >= 11 is 6.00. The number of hydrogen-bond donors (Lipinski definition) is 0. The molecule has 0 unspecified atom stereocenters. The smallest absolute Gasteiger partial charge is 0.274 e. The zero-order chi connectivity index (χ0) is 27.8. The number of likely N-dealkylation sites (tertiary alicyclic amines) is 1. The van der Waals surface area contributed by atoms with Crippen LogP contribution in [0.15, 0.2) is 67.1 Å². The number of benzene rings is 2. The maximum Gasteiger partial charge on any atom is 0.274 e. The first-order valence-corrected chi connectivity index (χ1v) is 14.7. The summed E-state index contributed by atoms with van der Waals surface area (Å²) in [6, 6.07) is 15.9. The fourth-order valence-electron chi connectivity index (χ4n) is 5.94. The molecule has 7 nitrogen and oxygen atoms in total. The van der Waals surface area contributed by atoms with E-state index >= 15 is 0 Å². The number of halogens is 1. The molecule has 40 heavy (non-hydrogen) atoms. The van der Waals surface area contributed by atoms with Gasteiger partial charge in [-0.25, -0.2) is 4.98 Å². The summed E-state index contributed by atoms with van der Waals surface area (Å²) in [4.78, 5) is 39.0. The molecular formula is C32H37ClN4O3. The molecule has 0 bridgehead atoms. The van der Waals surface area contributed by atoms with Crippen LogP contribution in [0.5, 0.6) is 5.75 Å². The van der Waals surface area contributed by atoms with Gasteiger partial charge in [0.15, 0.2) is 0 Å². The summed E-state index contributed by atoms with van der Waals surface area (Å²) in [5, 5.41) is 0.705. The van der Waals surface area contributed by atoms with Crippen molar-refractivity contribution in [2.45, 2.75) is 51.4 Å². The molecule has 1 spiro atoms. The van der Waals surface area contributed by atoms with Crippen molar-refractivity contribution in [3.63, 3.8) is 0 Å². The molecule has 0 radical (unpaired) electrons. The second-order valence-corrected chi connectivity index (χ2v) is 11.4. The monoisotopic (exact) mass is 560 g/mol. The summed E-state index contributed by atoms with van der Waals surface area (Å²) in [6.07, 6.45) is 11.7. The minimum atomic E-state index is -0.122. The number of fused-ring (bicyclic) bond motifs is 1. The Bertz CT molecular complexity index is 1280. The third-order valence-electron chi connectivity index (χ3n) is 8.31. The number of ether oxygens (including phenoxy) is 1. The molecule has 0 saturated carbocycles. The Balaban J connectivity index is 1.28. The lowest BCUT2D eigenvalue weighted by atomic mass is 9.73. The number of nitrogens with zero attached hydrogens (tertiary/aromatic N) is 4. The number of para-hydroxylation sites is 1. The molecule has 0 aliphatic carbocycles. The average Bonchev–Trinajstić information content (AvgIpc) is 2.99. The second-order valence-electron chi connectivity index (χ2n) is 11.0. The van der Waals surface area contributed by atoms with Gasteiger partial charge >= 0.3 is 0 Å². The summed E-state index contributed by atoms with van der Waals surface area (Å²) in [7, 11) is 0. The fourth-order valence-corrected chi connectivity index (χ4v) is 6.07. The molecule has 2 aliphatic rings. The zero-order valence-corrected chi connectivity index (χ0v) is 23.7. The van der Waals surface area contributed by atoms with Gasteiger partial charge in [-0.05, 0) is 73.3 Å². The van der Waals surface area contributed by atoms with Crippen LogP contribution in [0.4, 0.5) is 0 Å². The Hall–Kier alpha value is -3.45. The Morgan fingerprint density at radius 1 is 0.925 bits per heavy atom. The highest BCUT2D eigenvalue weighted by molar-refractivity contribution is 6.30. The lowest BCUT2D eigenvalue weighted by molar-refractivity contribution is -0.133. The summed E-state index contributed by atoms with van der Waals surface area (Å²) < 4.78 is 6.18. The molecular weight excluding hydrogens is 524 g/mol. The molecule has 0 N–H and O–H groups in total. The number of hydrogen-bond acceptors (Lipinski definition) is 5. The van der Waals surface area contributed by atoms with Gasteiger partial charge in [0.05, 0.1) is 12.7 Å². The normalized spacial score (nSPS) is 17.7. The molecule has 2 aliphatic heterocycles. The van der Waals surface area contributed by atoms with Crippen molar-refractivity contribution in [2.24, 2.45) is 5.41 Å². The van der Waals surface area contributed by atoms with Crippen LogP contribution in [0, 0.1) is 5.41 Å². The molecule has 3 aromatic rings. The molecule has 1 fully saturated rings. The number of carbonyl (C=O) groups excluding carboxylic acids is 2. The van der Waals surface area contributed by atoms with E-state index in [-0.39, 0.29) is 17.2 Å². The minimum absolute atomic E-state index is 0.0520. The average molecular weight is 561 g/mol. The van der Waals surface area contributed by atoms with Gasteiger partial charge in [0.1, 0.15) is 18.1 Å². The number of aryl methyl sites for hydroxylation is 2. The summed E-state index contributed by atoms with van der Waals surface area (Å²) in [5.41, 5.74) is 2.63. The molecule has 2 aromatic carbocycles. The topological polar surface area (TPSA) is 75.6 Å². The van der Waals surface area contributed by atoms with E-state index in [1.165, 1.54) is 11.8 Å². The number of piperidine rings is 1. The largest absolute Gasteiger partial charge is 0.491 e. The molecule has 2 amide bonds. The number of amides is 2. The quantitative estimate of drug-likeness (QED) is 0.414. The number of rotatable bonds is 4. The van der Waals surface area contributed by atoms with Gasteiger partial charge in [-0.2, -0.15) is 0 Å². The first-order valence-electron chi connectivity index (χ1n) is 14.3. The molecule has 1 aromatic heterocycles. The van der Waals surface area contributed by atoms with Crippen LogP contribution in [-0.2, 0) is 17.6 Å². The van der Waals surface area contributed by atoms with Crippen LogP contribution >= 0.6 is 11.6 Å². The van der Waals surface area contributed by atoms with E-state index in [2.05, 4.69) is 22.1 Å². The van der Waals surface area contributed by atoms with Gasteiger partial charge in [-0.15, -0.1) is 0 Å². The first kappa shape index (κ1) is 28.1. The van der Waals surface area contributed by atoms with Crippen LogP contribution in [-0.4, -0.2) is 64.4 Å². The van der Waals surface area contributed by atoms with Crippen LogP contribution < -0.4 is 4.74 Å². The van der Waals surface area contributed by atoms with Gasteiger partial charge in [0, 0.05) is 43.5 Å². The van der Waals surface area contributed by atoms with E-state index in [9.17, 15) is 9.59 Å². The SMILES string of the molecule is O=C(CCc1ccc(Cl)cc1)N1CCC2(CCCCc3ccccc3OCCN(C(=O)c3cnccn3)C2)CC1. The molecule has 8 heteroatoms. The molecule has 1 saturated heterocycles. The third-order valence-corrected chi connectivity index (χ3v) is 8.56. The van der Waals surface area contributed by atoms with E-state index < -0.39 is 0 Å². The summed E-state index contributed by atoms with van der Waals surface area (Å²) in [5.74, 6) is 0.966. The van der Waals surface area contributed by atoms with E-state index in [0.29, 0.717) is 56.3 Å². The van der Waals surface area contributed by atoms with Crippen LogP contribution in [0.25, 0.3) is 0 Å². The van der Waals surface area contributed by atoms with Crippen molar-refractivity contribution < 1.29 is 14.3 Å². The summed E-state index contributed by atoms with van der Waals surface area (Å²) in [6.45, 7) is 2.93. The van der Waals surface area contributed by atoms with Gasteiger partial charge < -0.3 is 14.5 Å². The molecule has 0 atom stereocenters. The van der Waals surface area contributed by atoms with Gasteiger partial charge in [-0.3, -0.25) is 14.6 Å². The van der Waals surface area contributed by atoms with E-state index in [4.69, 9.17) is 16.3 Å². The van der Waals surface area contributed by atoms with Gasteiger partial charge in [0.2, 0.25) is 5.91 Å². The Labute approximate surface area is 241 Å². The van der Waals surface area contributed by atoms with Crippen LogP contribution in [0.2, 0.25) is 5.02 Å².